The summed E-state index contributed by atoms with van der Waals surface area (Å²) in [6.45, 7) is 5.43. The molecule has 0 aliphatic carbocycles. The molecular weight excluding hydrogens is 250 g/mol. The van der Waals surface area contributed by atoms with Crippen LogP contribution in [0.15, 0.2) is 18.2 Å². The van der Waals surface area contributed by atoms with Crippen molar-refractivity contribution in [2.24, 2.45) is 11.7 Å². The Balaban J connectivity index is 2.74. The van der Waals surface area contributed by atoms with Crippen LogP contribution in [0, 0.1) is 17.6 Å². The van der Waals surface area contributed by atoms with Gasteiger partial charge in [0.05, 0.1) is 12.1 Å². The molecule has 1 aromatic rings. The summed E-state index contributed by atoms with van der Waals surface area (Å²) in [6.07, 6.45) is 0.526. The Morgan fingerprint density at radius 1 is 1.26 bits per heavy atom. The van der Waals surface area contributed by atoms with Gasteiger partial charge in [0, 0.05) is 5.56 Å². The number of nitrogens with two attached hydrogens (primary N) is 1. The second-order valence-electron chi connectivity index (χ2n) is 5.10. The van der Waals surface area contributed by atoms with Crippen LogP contribution in [-0.2, 0) is 4.79 Å². The van der Waals surface area contributed by atoms with Gasteiger partial charge in [0.15, 0.2) is 0 Å². The van der Waals surface area contributed by atoms with E-state index in [0.29, 0.717) is 6.42 Å². The highest BCUT2D eigenvalue weighted by atomic mass is 19.1. The summed E-state index contributed by atoms with van der Waals surface area (Å²) in [5.41, 5.74) is 5.58. The van der Waals surface area contributed by atoms with Crippen LogP contribution in [0.5, 0.6) is 0 Å². The molecule has 106 valence electrons. The SMILES string of the molecule is CC(C)C[C@@H](N)C(=O)NC(C)c1c(F)cccc1F. The van der Waals surface area contributed by atoms with Gasteiger partial charge in [0.1, 0.15) is 11.6 Å². The zero-order chi connectivity index (χ0) is 14.6. The Kier molecular flexibility index (Phi) is 5.42. The standard InChI is InChI=1S/C14H20F2N2O/c1-8(2)7-12(17)14(19)18-9(3)13-10(15)5-4-6-11(13)16/h4-6,8-9,12H,7,17H2,1-3H3,(H,18,19)/t9?,12-/m1/s1. The van der Waals surface area contributed by atoms with Gasteiger partial charge in [-0.1, -0.05) is 19.9 Å². The summed E-state index contributed by atoms with van der Waals surface area (Å²) in [5.74, 6) is -1.47. The molecule has 0 saturated carbocycles. The summed E-state index contributed by atoms with van der Waals surface area (Å²) in [4.78, 5) is 11.8. The molecule has 0 spiro atoms. The van der Waals surface area contributed by atoms with E-state index in [1.807, 2.05) is 13.8 Å². The average Bonchev–Trinajstić information content (AvgIpc) is 2.27. The van der Waals surface area contributed by atoms with Crippen molar-refractivity contribution in [3.63, 3.8) is 0 Å². The third-order valence-corrected chi connectivity index (χ3v) is 2.85. The van der Waals surface area contributed by atoms with Gasteiger partial charge in [-0.25, -0.2) is 8.78 Å². The van der Waals surface area contributed by atoms with E-state index < -0.39 is 29.6 Å². The van der Waals surface area contributed by atoms with Gasteiger partial charge < -0.3 is 11.1 Å². The Morgan fingerprint density at radius 2 is 1.79 bits per heavy atom. The second-order valence-corrected chi connectivity index (χ2v) is 5.10. The van der Waals surface area contributed by atoms with Gasteiger partial charge >= 0.3 is 0 Å². The summed E-state index contributed by atoms with van der Waals surface area (Å²) in [5, 5.41) is 2.54. The molecule has 1 aromatic carbocycles. The maximum Gasteiger partial charge on any atom is 0.237 e. The summed E-state index contributed by atoms with van der Waals surface area (Å²) in [7, 11) is 0. The summed E-state index contributed by atoms with van der Waals surface area (Å²) >= 11 is 0. The fourth-order valence-electron chi connectivity index (χ4n) is 1.93. The van der Waals surface area contributed by atoms with Gasteiger partial charge in [0.25, 0.3) is 0 Å². The highest BCUT2D eigenvalue weighted by Crippen LogP contribution is 2.20. The molecule has 0 aromatic heterocycles. The first-order chi connectivity index (χ1) is 8.82. The number of halogens is 2. The molecular formula is C14H20F2N2O. The quantitative estimate of drug-likeness (QED) is 0.863. The molecule has 0 saturated heterocycles. The van der Waals surface area contributed by atoms with Crippen LogP contribution in [0.4, 0.5) is 8.78 Å². The molecule has 1 unspecified atom stereocenters. The van der Waals surface area contributed by atoms with Gasteiger partial charge in [-0.15, -0.1) is 0 Å². The van der Waals surface area contributed by atoms with E-state index in [4.69, 9.17) is 5.73 Å². The molecule has 1 amide bonds. The number of hydrogen-bond donors (Lipinski definition) is 2. The molecule has 3 nitrogen and oxygen atoms in total. The largest absolute Gasteiger partial charge is 0.348 e. The summed E-state index contributed by atoms with van der Waals surface area (Å²) in [6, 6.07) is 2.18. The molecule has 2 atom stereocenters. The van der Waals surface area contributed by atoms with Crippen molar-refractivity contribution in [2.45, 2.75) is 39.3 Å². The third kappa shape index (κ3) is 4.28. The van der Waals surface area contributed by atoms with Crippen molar-refractivity contribution in [1.82, 2.24) is 5.32 Å². The fraction of sp³-hybridized carbons (Fsp3) is 0.500. The number of carbonyl (C=O) groups is 1. The lowest BCUT2D eigenvalue weighted by molar-refractivity contribution is -0.123. The summed E-state index contributed by atoms with van der Waals surface area (Å²) < 4.78 is 27.1. The van der Waals surface area contributed by atoms with Gasteiger partial charge in [-0.05, 0) is 31.4 Å². The van der Waals surface area contributed by atoms with E-state index in [2.05, 4.69) is 5.32 Å². The maximum atomic E-state index is 13.5. The second kappa shape index (κ2) is 6.61. The molecule has 0 radical (unpaired) electrons. The number of carbonyl (C=O) groups excluding carboxylic acids is 1. The topological polar surface area (TPSA) is 55.1 Å². The molecule has 0 aliphatic heterocycles. The normalized spacial score (nSPS) is 14.3. The minimum Gasteiger partial charge on any atom is -0.348 e. The van der Waals surface area contributed by atoms with E-state index in [-0.39, 0.29) is 11.5 Å². The van der Waals surface area contributed by atoms with Gasteiger partial charge in [-0.3, -0.25) is 4.79 Å². The smallest absolute Gasteiger partial charge is 0.237 e. The molecule has 0 bridgehead atoms. The third-order valence-electron chi connectivity index (χ3n) is 2.85. The number of hydrogen-bond acceptors (Lipinski definition) is 2. The van der Waals surface area contributed by atoms with Crippen LogP contribution < -0.4 is 11.1 Å². The Morgan fingerprint density at radius 3 is 2.26 bits per heavy atom. The molecule has 0 heterocycles. The van der Waals surface area contributed by atoms with Crippen LogP contribution in [0.2, 0.25) is 0 Å². The molecule has 1 rings (SSSR count). The van der Waals surface area contributed by atoms with Crippen molar-refractivity contribution in [3.05, 3.63) is 35.4 Å². The van der Waals surface area contributed by atoms with Crippen molar-refractivity contribution >= 4 is 5.91 Å². The van der Waals surface area contributed by atoms with E-state index in [0.717, 1.165) is 12.1 Å². The maximum absolute atomic E-state index is 13.5. The van der Waals surface area contributed by atoms with Crippen LogP contribution in [0.3, 0.4) is 0 Å². The van der Waals surface area contributed by atoms with E-state index in [1.54, 1.807) is 0 Å². The van der Waals surface area contributed by atoms with Crippen molar-refractivity contribution in [3.8, 4) is 0 Å². The zero-order valence-corrected chi connectivity index (χ0v) is 11.4. The molecule has 19 heavy (non-hydrogen) atoms. The average molecular weight is 270 g/mol. The van der Waals surface area contributed by atoms with E-state index in [9.17, 15) is 13.6 Å². The first-order valence-electron chi connectivity index (χ1n) is 6.32. The van der Waals surface area contributed by atoms with Crippen LogP contribution >= 0.6 is 0 Å². The number of rotatable bonds is 5. The van der Waals surface area contributed by atoms with Gasteiger partial charge in [-0.2, -0.15) is 0 Å². The highest BCUT2D eigenvalue weighted by Gasteiger charge is 2.21. The predicted molar refractivity (Wildman–Crippen MR) is 70.3 cm³/mol. The minimum absolute atomic E-state index is 0.146. The molecule has 0 fully saturated rings. The van der Waals surface area contributed by atoms with Crippen molar-refractivity contribution in [2.75, 3.05) is 0 Å². The lowest BCUT2D eigenvalue weighted by Gasteiger charge is -2.19. The van der Waals surface area contributed by atoms with E-state index >= 15 is 0 Å². The Bertz CT molecular complexity index is 429. The van der Waals surface area contributed by atoms with Crippen molar-refractivity contribution in [1.29, 1.82) is 0 Å². The predicted octanol–water partition coefficient (Wildman–Crippen LogP) is 2.52. The lowest BCUT2D eigenvalue weighted by Crippen LogP contribution is -2.42. The van der Waals surface area contributed by atoms with Crippen LogP contribution in [-0.4, -0.2) is 11.9 Å². The zero-order valence-electron chi connectivity index (χ0n) is 11.4. The molecule has 3 N–H and O–H groups in total. The first-order valence-corrected chi connectivity index (χ1v) is 6.32. The monoisotopic (exact) mass is 270 g/mol. The Hall–Kier alpha value is -1.49. The lowest BCUT2D eigenvalue weighted by atomic mass is 10.0. The minimum atomic E-state index is -0.757. The van der Waals surface area contributed by atoms with E-state index in [1.165, 1.54) is 13.0 Å². The molecule has 5 heteroatoms. The van der Waals surface area contributed by atoms with Crippen molar-refractivity contribution < 1.29 is 13.6 Å². The van der Waals surface area contributed by atoms with Crippen LogP contribution in [0.1, 0.15) is 38.8 Å². The number of benzene rings is 1. The number of nitrogens with one attached hydrogen (secondary N) is 1. The number of amides is 1. The fourth-order valence-corrected chi connectivity index (χ4v) is 1.93. The van der Waals surface area contributed by atoms with Crippen LogP contribution in [0.25, 0.3) is 0 Å². The van der Waals surface area contributed by atoms with Gasteiger partial charge in [0.2, 0.25) is 5.91 Å². The Labute approximate surface area is 112 Å². The molecule has 0 aliphatic rings. The first kappa shape index (κ1) is 15.6. The highest BCUT2D eigenvalue weighted by molar-refractivity contribution is 5.81.